The summed E-state index contributed by atoms with van der Waals surface area (Å²) in [5.41, 5.74) is 17.0. The Morgan fingerprint density at radius 1 is 0.893 bits per heavy atom. The van der Waals surface area contributed by atoms with E-state index in [-0.39, 0.29) is 0 Å². The molecule has 0 fully saturated rings. The monoisotopic (exact) mass is 369 g/mol. The molecule has 1 heteroatoms. The number of benzene rings is 2. The topological polar surface area (TPSA) is 26.0 Å². The molecule has 144 valence electrons. The molecule has 1 nitrogen and oxygen atoms in total. The van der Waals surface area contributed by atoms with Gasteiger partial charge in [-0.1, -0.05) is 73.4 Å². The van der Waals surface area contributed by atoms with Gasteiger partial charge in [0.25, 0.3) is 0 Å². The Hall–Kier alpha value is -3.06. The molecule has 0 aromatic heterocycles. The maximum Gasteiger partial charge on any atom is 0.0349 e. The van der Waals surface area contributed by atoms with Gasteiger partial charge in [0.05, 0.1) is 0 Å². The molecular weight excluding hydrogens is 338 g/mol. The summed E-state index contributed by atoms with van der Waals surface area (Å²) in [4.78, 5) is 0. The molecular formula is C27H31N. The number of rotatable bonds is 6. The Balaban J connectivity index is 2.41. The van der Waals surface area contributed by atoms with Crippen molar-refractivity contribution in [1.82, 2.24) is 0 Å². The van der Waals surface area contributed by atoms with Crippen molar-refractivity contribution in [3.63, 3.8) is 0 Å². The Labute approximate surface area is 170 Å². The van der Waals surface area contributed by atoms with Crippen molar-refractivity contribution in [2.24, 2.45) is 0 Å². The van der Waals surface area contributed by atoms with E-state index in [0.29, 0.717) is 0 Å². The van der Waals surface area contributed by atoms with Gasteiger partial charge in [0.15, 0.2) is 0 Å². The van der Waals surface area contributed by atoms with E-state index in [9.17, 15) is 0 Å². The number of anilines is 1. The fraction of sp³-hybridized carbons (Fsp3) is 0.185. The smallest absolute Gasteiger partial charge is 0.0349 e. The van der Waals surface area contributed by atoms with Gasteiger partial charge < -0.3 is 5.73 Å². The molecule has 28 heavy (non-hydrogen) atoms. The second-order valence-electron chi connectivity index (χ2n) is 7.32. The van der Waals surface area contributed by atoms with Crippen molar-refractivity contribution in [2.45, 2.75) is 34.6 Å². The van der Waals surface area contributed by atoms with Crippen molar-refractivity contribution in [1.29, 1.82) is 0 Å². The van der Waals surface area contributed by atoms with E-state index in [1.165, 1.54) is 16.7 Å². The summed E-state index contributed by atoms with van der Waals surface area (Å²) >= 11 is 0. The molecule has 0 saturated carbocycles. The Bertz CT molecular complexity index is 979. The highest BCUT2D eigenvalue weighted by Crippen LogP contribution is 2.29. The molecule has 0 bridgehead atoms. The highest BCUT2D eigenvalue weighted by Gasteiger charge is 2.07. The molecule has 0 amide bonds. The molecule has 2 N–H and O–H groups in total. The van der Waals surface area contributed by atoms with Gasteiger partial charge in [0, 0.05) is 5.69 Å². The zero-order valence-electron chi connectivity index (χ0n) is 17.8. The van der Waals surface area contributed by atoms with Crippen molar-refractivity contribution in [3.8, 4) is 0 Å². The second kappa shape index (κ2) is 9.23. The van der Waals surface area contributed by atoms with E-state index in [0.717, 1.165) is 39.1 Å². The molecule has 0 atom stereocenters. The molecule has 2 aromatic rings. The fourth-order valence-electron chi connectivity index (χ4n) is 3.06. The van der Waals surface area contributed by atoms with E-state index < -0.39 is 0 Å². The second-order valence-corrected chi connectivity index (χ2v) is 7.32. The third-order valence-electron chi connectivity index (χ3n) is 5.03. The summed E-state index contributed by atoms with van der Waals surface area (Å²) < 4.78 is 0. The van der Waals surface area contributed by atoms with Crippen LogP contribution in [0.4, 0.5) is 5.69 Å². The molecule has 0 heterocycles. The van der Waals surface area contributed by atoms with Crippen LogP contribution in [0, 0.1) is 6.92 Å². The summed E-state index contributed by atoms with van der Waals surface area (Å²) in [6, 6.07) is 14.7. The van der Waals surface area contributed by atoms with Gasteiger partial charge in [-0.25, -0.2) is 0 Å². The number of allylic oxidation sites excluding steroid dienone is 8. The van der Waals surface area contributed by atoms with Crippen LogP contribution in [0.2, 0.25) is 0 Å². The highest BCUT2D eigenvalue weighted by atomic mass is 14.6. The van der Waals surface area contributed by atoms with Crippen LogP contribution in [0.3, 0.4) is 0 Å². The lowest BCUT2D eigenvalue weighted by Gasteiger charge is -2.13. The first kappa shape index (κ1) is 21.2. The van der Waals surface area contributed by atoms with Crippen molar-refractivity contribution in [3.05, 3.63) is 107 Å². The maximum absolute atomic E-state index is 6.13. The van der Waals surface area contributed by atoms with Crippen LogP contribution in [0.1, 0.15) is 49.9 Å². The molecule has 0 aliphatic heterocycles. The minimum atomic E-state index is 0.808. The highest BCUT2D eigenvalue weighted by molar-refractivity contribution is 5.82. The minimum absolute atomic E-state index is 0.808. The summed E-state index contributed by atoms with van der Waals surface area (Å²) in [6.07, 6.45) is 6.32. The third-order valence-corrected chi connectivity index (χ3v) is 5.03. The molecule has 0 spiro atoms. The van der Waals surface area contributed by atoms with E-state index in [2.05, 4.69) is 81.6 Å². The normalized spacial score (nSPS) is 12.8. The zero-order chi connectivity index (χ0) is 20.8. The third kappa shape index (κ3) is 5.01. The molecule has 0 unspecified atom stereocenters. The van der Waals surface area contributed by atoms with E-state index in [1.54, 1.807) is 0 Å². The Kier molecular flexibility index (Phi) is 7.00. The number of nitrogens with two attached hydrogens (primary N) is 1. The van der Waals surface area contributed by atoms with Crippen molar-refractivity contribution >= 4 is 22.4 Å². The van der Waals surface area contributed by atoms with Crippen LogP contribution in [-0.4, -0.2) is 0 Å². The predicted molar refractivity (Wildman–Crippen MR) is 127 cm³/mol. The van der Waals surface area contributed by atoms with Crippen LogP contribution in [-0.2, 0) is 0 Å². The average Bonchev–Trinajstić information content (AvgIpc) is 2.67. The maximum atomic E-state index is 6.13. The number of nitrogen functional groups attached to an aromatic ring is 1. The molecule has 0 saturated heterocycles. The fourth-order valence-corrected chi connectivity index (χ4v) is 3.06. The Morgan fingerprint density at radius 2 is 1.46 bits per heavy atom. The first-order chi connectivity index (χ1) is 13.2. The van der Waals surface area contributed by atoms with Crippen LogP contribution in [0.5, 0.6) is 0 Å². The summed E-state index contributed by atoms with van der Waals surface area (Å²) in [5, 5.41) is 0. The van der Waals surface area contributed by atoms with Gasteiger partial charge in [-0.05, 0) is 85.2 Å². The lowest BCUT2D eigenvalue weighted by molar-refractivity contribution is 1.40. The number of hydrogen-bond donors (Lipinski definition) is 1. The zero-order valence-corrected chi connectivity index (χ0v) is 17.8. The molecule has 0 aliphatic carbocycles. The Morgan fingerprint density at radius 3 is 2.00 bits per heavy atom. The number of aryl methyl sites for hydroxylation is 1. The quantitative estimate of drug-likeness (QED) is 0.411. The predicted octanol–water partition coefficient (Wildman–Crippen LogP) is 7.62. The van der Waals surface area contributed by atoms with Gasteiger partial charge in [-0.15, -0.1) is 0 Å². The summed E-state index contributed by atoms with van der Waals surface area (Å²) in [5.74, 6) is 0. The molecule has 0 radical (unpaired) electrons. The van der Waals surface area contributed by atoms with Gasteiger partial charge >= 0.3 is 0 Å². The first-order valence-electron chi connectivity index (χ1n) is 9.58. The minimum Gasteiger partial charge on any atom is -0.398 e. The van der Waals surface area contributed by atoms with E-state index in [4.69, 9.17) is 5.73 Å². The van der Waals surface area contributed by atoms with Crippen LogP contribution in [0.25, 0.3) is 16.7 Å². The van der Waals surface area contributed by atoms with Crippen LogP contribution >= 0.6 is 0 Å². The summed E-state index contributed by atoms with van der Waals surface area (Å²) in [7, 11) is 0. The van der Waals surface area contributed by atoms with Gasteiger partial charge in [0.1, 0.15) is 0 Å². The van der Waals surface area contributed by atoms with Crippen molar-refractivity contribution < 1.29 is 0 Å². The van der Waals surface area contributed by atoms with Gasteiger partial charge in [0.2, 0.25) is 0 Å². The lowest BCUT2D eigenvalue weighted by Crippen LogP contribution is -1.94. The first-order valence-corrected chi connectivity index (χ1v) is 9.58. The summed E-state index contributed by atoms with van der Waals surface area (Å²) in [6.45, 7) is 18.6. The molecule has 0 aliphatic rings. The van der Waals surface area contributed by atoms with Gasteiger partial charge in [-0.2, -0.15) is 0 Å². The van der Waals surface area contributed by atoms with E-state index in [1.807, 2.05) is 26.8 Å². The van der Waals surface area contributed by atoms with Crippen LogP contribution in [0.15, 0.2) is 85.0 Å². The standard InChI is InChI=1S/C27H31N/c1-8-9-26(25-11-10-19(4)27(28)17-25)22(7)20(5)16-21(6)24-14-12-23(13-15-24)18(2)3/h8-17H,2,5,28H2,1,3-4,6-7H3/b9-8-,21-16+,26-22+. The SMILES string of the molecule is C=C(/C=C(\C)c1ccc(C(=C)C)cc1)/C(C)=C(\C=C/C)c1ccc(C)c(N)c1. The molecule has 2 rings (SSSR count). The van der Waals surface area contributed by atoms with E-state index >= 15 is 0 Å². The van der Waals surface area contributed by atoms with Crippen molar-refractivity contribution in [2.75, 3.05) is 5.73 Å². The molecule has 2 aromatic carbocycles. The van der Waals surface area contributed by atoms with Gasteiger partial charge in [-0.3, -0.25) is 0 Å². The number of hydrogen-bond acceptors (Lipinski definition) is 1. The average molecular weight is 370 g/mol. The largest absolute Gasteiger partial charge is 0.398 e. The van der Waals surface area contributed by atoms with Crippen LogP contribution < -0.4 is 5.73 Å². The lowest BCUT2D eigenvalue weighted by atomic mass is 9.93.